The molecule has 0 bridgehead atoms. The summed E-state index contributed by atoms with van der Waals surface area (Å²) in [5.74, 6) is 1.17. The summed E-state index contributed by atoms with van der Waals surface area (Å²) in [5.41, 5.74) is 2.79. The fraction of sp³-hybridized carbons (Fsp3) is 0.333. The summed E-state index contributed by atoms with van der Waals surface area (Å²) in [6, 6.07) is 10.6. The van der Waals surface area contributed by atoms with Crippen LogP contribution in [0.15, 0.2) is 53.6 Å². The molecule has 1 aliphatic heterocycles. The van der Waals surface area contributed by atoms with Crippen LogP contribution >= 0.6 is 0 Å². The number of aromatic nitrogens is 3. The lowest BCUT2D eigenvalue weighted by atomic mass is 10.0. The van der Waals surface area contributed by atoms with Gasteiger partial charge in [-0.2, -0.15) is 0 Å². The zero-order chi connectivity index (χ0) is 23.5. The Morgan fingerprint density at radius 2 is 1.94 bits per heavy atom. The van der Waals surface area contributed by atoms with E-state index in [1.54, 1.807) is 37.5 Å². The molecule has 1 fully saturated rings. The van der Waals surface area contributed by atoms with Gasteiger partial charge >= 0.3 is 0 Å². The number of rotatable bonds is 5. The van der Waals surface area contributed by atoms with Gasteiger partial charge in [-0.3, -0.25) is 9.59 Å². The van der Waals surface area contributed by atoms with Gasteiger partial charge in [0.2, 0.25) is 11.5 Å². The van der Waals surface area contributed by atoms with Crippen molar-refractivity contribution in [1.82, 2.24) is 19.4 Å². The highest BCUT2D eigenvalue weighted by atomic mass is 16.5. The summed E-state index contributed by atoms with van der Waals surface area (Å²) in [4.78, 5) is 37.7. The molecule has 0 saturated carbocycles. The summed E-state index contributed by atoms with van der Waals surface area (Å²) in [6.07, 6.45) is 2.93. The third kappa shape index (κ3) is 4.73. The number of amides is 1. The van der Waals surface area contributed by atoms with E-state index in [-0.39, 0.29) is 11.5 Å². The van der Waals surface area contributed by atoms with Crippen LogP contribution in [0.3, 0.4) is 0 Å². The van der Waals surface area contributed by atoms with Crippen LogP contribution in [0.2, 0.25) is 0 Å². The minimum atomic E-state index is -0.422. The molecule has 9 heteroatoms. The van der Waals surface area contributed by atoms with Crippen molar-refractivity contribution >= 4 is 11.9 Å². The molecule has 0 spiro atoms. The number of nitrogens with zero attached hydrogens (tertiary/aromatic N) is 5. The first-order chi connectivity index (χ1) is 15.9. The first-order valence-corrected chi connectivity index (χ1v) is 10.6. The summed E-state index contributed by atoms with van der Waals surface area (Å²) in [6.45, 7) is 1.18. The predicted octanol–water partition coefficient (Wildman–Crippen LogP) is 2.13. The minimum absolute atomic E-state index is 0.146. The molecule has 1 aromatic carbocycles. The zero-order valence-corrected chi connectivity index (χ0v) is 19.2. The Morgan fingerprint density at radius 3 is 2.61 bits per heavy atom. The van der Waals surface area contributed by atoms with E-state index in [1.807, 2.05) is 43.3 Å². The van der Waals surface area contributed by atoms with E-state index < -0.39 is 6.10 Å². The molecule has 3 aromatic rings. The van der Waals surface area contributed by atoms with E-state index in [4.69, 9.17) is 14.5 Å². The minimum Gasteiger partial charge on any atom is -0.497 e. The maximum atomic E-state index is 13.1. The van der Waals surface area contributed by atoms with Crippen LogP contribution in [-0.4, -0.2) is 66.2 Å². The molecule has 3 heterocycles. The van der Waals surface area contributed by atoms with Crippen LogP contribution in [0.25, 0.3) is 11.1 Å². The second-order valence-corrected chi connectivity index (χ2v) is 8.07. The van der Waals surface area contributed by atoms with Crippen molar-refractivity contribution < 1.29 is 14.3 Å². The van der Waals surface area contributed by atoms with E-state index >= 15 is 0 Å². The first-order valence-electron chi connectivity index (χ1n) is 10.6. The van der Waals surface area contributed by atoms with E-state index in [9.17, 15) is 9.59 Å². The Labute approximate surface area is 192 Å². The van der Waals surface area contributed by atoms with Crippen LogP contribution in [0.4, 0.5) is 5.95 Å². The highest BCUT2D eigenvalue weighted by Gasteiger charge is 2.30. The maximum absolute atomic E-state index is 13.1. The number of benzene rings is 1. The Hall–Kier alpha value is -3.72. The summed E-state index contributed by atoms with van der Waals surface area (Å²) in [7, 11) is 7.01. The molecular weight excluding hydrogens is 422 g/mol. The van der Waals surface area contributed by atoms with Crippen LogP contribution in [-0.2, 0) is 11.8 Å². The highest BCUT2D eigenvalue weighted by Crippen LogP contribution is 2.32. The van der Waals surface area contributed by atoms with Crippen LogP contribution in [0, 0.1) is 0 Å². The van der Waals surface area contributed by atoms with Crippen LogP contribution in [0.1, 0.15) is 22.2 Å². The van der Waals surface area contributed by atoms with Crippen molar-refractivity contribution in [3.05, 3.63) is 70.4 Å². The normalized spacial score (nSPS) is 15.9. The fourth-order valence-electron chi connectivity index (χ4n) is 3.74. The predicted molar refractivity (Wildman–Crippen MR) is 125 cm³/mol. The Kier molecular flexibility index (Phi) is 6.41. The molecule has 0 N–H and O–H groups in total. The van der Waals surface area contributed by atoms with Crippen LogP contribution < -0.4 is 15.2 Å². The smallest absolute Gasteiger partial charge is 0.255 e. The number of morpholine rings is 1. The lowest BCUT2D eigenvalue weighted by Gasteiger charge is -2.33. The lowest BCUT2D eigenvalue weighted by Crippen LogP contribution is -2.43. The fourth-order valence-corrected chi connectivity index (χ4v) is 3.74. The van der Waals surface area contributed by atoms with Gasteiger partial charge in [0.15, 0.2) is 0 Å². The molecule has 33 heavy (non-hydrogen) atoms. The molecule has 0 unspecified atom stereocenters. The average molecular weight is 450 g/mol. The van der Waals surface area contributed by atoms with Gasteiger partial charge in [0.05, 0.1) is 31.5 Å². The van der Waals surface area contributed by atoms with Gasteiger partial charge in [0.1, 0.15) is 11.9 Å². The zero-order valence-electron chi connectivity index (χ0n) is 19.2. The maximum Gasteiger partial charge on any atom is 0.255 e. The van der Waals surface area contributed by atoms with E-state index in [2.05, 4.69) is 4.98 Å². The topological polar surface area (TPSA) is 89.8 Å². The number of anilines is 1. The third-order valence-electron chi connectivity index (χ3n) is 5.60. The number of ether oxygens (including phenoxy) is 2. The van der Waals surface area contributed by atoms with Gasteiger partial charge in [-0.25, -0.2) is 9.97 Å². The Morgan fingerprint density at radius 1 is 1.18 bits per heavy atom. The van der Waals surface area contributed by atoms with E-state index in [1.165, 1.54) is 10.6 Å². The summed E-state index contributed by atoms with van der Waals surface area (Å²) in [5, 5.41) is 0. The molecule has 172 valence electrons. The van der Waals surface area contributed by atoms with Gasteiger partial charge in [-0.05, 0) is 23.8 Å². The molecular formula is C24H27N5O4. The van der Waals surface area contributed by atoms with Gasteiger partial charge < -0.3 is 23.8 Å². The molecule has 1 saturated heterocycles. The van der Waals surface area contributed by atoms with Gasteiger partial charge in [-0.15, -0.1) is 0 Å². The second-order valence-electron chi connectivity index (χ2n) is 8.07. The molecule has 1 amide bonds. The second kappa shape index (κ2) is 9.41. The molecule has 0 radical (unpaired) electrons. The summed E-state index contributed by atoms with van der Waals surface area (Å²) >= 11 is 0. The van der Waals surface area contributed by atoms with Crippen molar-refractivity contribution in [1.29, 1.82) is 0 Å². The number of aryl methyl sites for hydroxylation is 1. The van der Waals surface area contributed by atoms with Gasteiger partial charge in [0, 0.05) is 51.7 Å². The molecule has 9 nitrogen and oxygen atoms in total. The first kappa shape index (κ1) is 22.5. The van der Waals surface area contributed by atoms with E-state index in [0.717, 1.165) is 22.6 Å². The van der Waals surface area contributed by atoms with Crippen molar-refractivity contribution in [3.8, 4) is 16.9 Å². The molecule has 0 aliphatic carbocycles. The molecule has 2 aromatic heterocycles. The monoisotopic (exact) mass is 449 g/mol. The van der Waals surface area contributed by atoms with Crippen LogP contribution in [0.5, 0.6) is 5.75 Å². The number of hydrogen-bond acceptors (Lipinski definition) is 7. The SMILES string of the molecule is COc1ccc(-c2cnc(N(C)C)nc2[C@@H]2CN(C(=O)c3ccc(=O)n(C)c3)CCO2)cc1. The number of methoxy groups -OCH3 is 1. The number of hydrogen-bond donors (Lipinski definition) is 0. The van der Waals surface area contributed by atoms with E-state index in [0.29, 0.717) is 31.2 Å². The highest BCUT2D eigenvalue weighted by molar-refractivity contribution is 5.94. The lowest BCUT2D eigenvalue weighted by molar-refractivity contribution is -0.0244. The average Bonchev–Trinajstić information content (AvgIpc) is 2.85. The molecule has 1 atom stereocenters. The Bertz CT molecular complexity index is 1210. The number of carbonyl (C=O) groups is 1. The summed E-state index contributed by atoms with van der Waals surface area (Å²) < 4.78 is 12.8. The quantitative estimate of drug-likeness (QED) is 0.589. The Balaban J connectivity index is 1.67. The van der Waals surface area contributed by atoms with Crippen molar-refractivity contribution in [2.24, 2.45) is 7.05 Å². The third-order valence-corrected chi connectivity index (χ3v) is 5.60. The number of pyridine rings is 1. The van der Waals surface area contributed by atoms with Gasteiger partial charge in [0.25, 0.3) is 5.91 Å². The molecule has 1 aliphatic rings. The van der Waals surface area contributed by atoms with Crippen molar-refractivity contribution in [2.45, 2.75) is 6.10 Å². The standard InChI is InChI=1S/C24H27N5O4/c1-27(2)24-25-13-19(16-5-8-18(32-4)9-6-16)22(26-24)20-15-29(11-12-33-20)23(31)17-7-10-21(30)28(3)14-17/h5-10,13-14,20H,11-12,15H2,1-4H3/t20-/m0/s1. The largest absolute Gasteiger partial charge is 0.497 e. The van der Waals surface area contributed by atoms with Crippen molar-refractivity contribution in [2.75, 3.05) is 45.8 Å². The van der Waals surface area contributed by atoms with Crippen molar-refractivity contribution in [3.63, 3.8) is 0 Å². The molecule has 4 rings (SSSR count). The van der Waals surface area contributed by atoms with Gasteiger partial charge in [-0.1, -0.05) is 12.1 Å². The number of carbonyl (C=O) groups excluding carboxylic acids is 1.